The minimum Gasteiger partial charge on any atom is -0.338 e. The van der Waals surface area contributed by atoms with E-state index in [2.05, 4.69) is 20.0 Å². The lowest BCUT2D eigenvalue weighted by atomic mass is 10.1. The van der Waals surface area contributed by atoms with Crippen molar-refractivity contribution in [1.82, 2.24) is 24.5 Å². The summed E-state index contributed by atoms with van der Waals surface area (Å²) >= 11 is 0. The van der Waals surface area contributed by atoms with E-state index in [0.29, 0.717) is 25.1 Å². The maximum atomic E-state index is 14.4. The van der Waals surface area contributed by atoms with Crippen LogP contribution in [0.5, 0.6) is 0 Å². The number of likely N-dealkylation sites (N-methyl/N-ethyl adjacent to an activating group) is 1. The van der Waals surface area contributed by atoms with Gasteiger partial charge in [-0.05, 0) is 19.2 Å². The Labute approximate surface area is 139 Å². The van der Waals surface area contributed by atoms with Crippen molar-refractivity contribution in [3.63, 3.8) is 0 Å². The molecule has 0 radical (unpaired) electrons. The van der Waals surface area contributed by atoms with Crippen LogP contribution in [0, 0.1) is 5.82 Å². The van der Waals surface area contributed by atoms with Crippen molar-refractivity contribution in [3.8, 4) is 0 Å². The molecular weight excluding hydrogens is 340 g/mol. The standard InChI is InChI=1S/C15H14F4N6/c1-23-2-4-24(5-3-23)14-22-12-10(13-20-8-21-25(13)14)6-9(7-11(12)16)15(17,18)19/h6-8H,2-5H2,1H3. The molecule has 25 heavy (non-hydrogen) atoms. The van der Waals surface area contributed by atoms with Gasteiger partial charge in [-0.3, -0.25) is 0 Å². The summed E-state index contributed by atoms with van der Waals surface area (Å²) in [5, 5.41) is 4.06. The molecule has 1 aliphatic heterocycles. The second kappa shape index (κ2) is 5.51. The van der Waals surface area contributed by atoms with Gasteiger partial charge in [-0.15, -0.1) is 0 Å². The van der Waals surface area contributed by atoms with Crippen LogP contribution in [0.15, 0.2) is 18.5 Å². The van der Waals surface area contributed by atoms with Gasteiger partial charge in [0.15, 0.2) is 5.65 Å². The number of hydrogen-bond donors (Lipinski definition) is 0. The Balaban J connectivity index is 1.94. The quantitative estimate of drug-likeness (QED) is 0.627. The molecule has 6 nitrogen and oxygen atoms in total. The van der Waals surface area contributed by atoms with Crippen molar-refractivity contribution in [1.29, 1.82) is 0 Å². The van der Waals surface area contributed by atoms with Gasteiger partial charge in [-0.2, -0.15) is 22.8 Å². The average Bonchev–Trinajstić information content (AvgIpc) is 3.04. The average molecular weight is 354 g/mol. The lowest BCUT2D eigenvalue weighted by Crippen LogP contribution is -2.45. The fraction of sp³-hybridized carbons (Fsp3) is 0.400. The Bertz CT molecular complexity index is 942. The summed E-state index contributed by atoms with van der Waals surface area (Å²) in [5.74, 6) is -0.641. The fourth-order valence-electron chi connectivity index (χ4n) is 2.98. The molecule has 0 saturated carbocycles. The normalized spacial score (nSPS) is 16.9. The molecule has 3 heterocycles. The first-order valence-corrected chi connectivity index (χ1v) is 7.68. The van der Waals surface area contributed by atoms with Crippen LogP contribution in [-0.4, -0.2) is 57.7 Å². The van der Waals surface area contributed by atoms with Crippen LogP contribution in [0.2, 0.25) is 0 Å². The number of fused-ring (bicyclic) bond motifs is 3. The number of piperazine rings is 1. The molecule has 2 aromatic heterocycles. The first-order valence-electron chi connectivity index (χ1n) is 7.68. The van der Waals surface area contributed by atoms with Crippen molar-refractivity contribution in [2.45, 2.75) is 6.18 Å². The Morgan fingerprint density at radius 3 is 2.48 bits per heavy atom. The minimum atomic E-state index is -4.65. The molecule has 0 N–H and O–H groups in total. The monoisotopic (exact) mass is 354 g/mol. The van der Waals surface area contributed by atoms with Gasteiger partial charge < -0.3 is 9.80 Å². The predicted octanol–water partition coefficient (Wildman–Crippen LogP) is 2.19. The Morgan fingerprint density at radius 2 is 1.80 bits per heavy atom. The van der Waals surface area contributed by atoms with E-state index < -0.39 is 17.6 Å². The molecule has 0 bridgehead atoms. The van der Waals surface area contributed by atoms with Gasteiger partial charge in [0.05, 0.1) is 5.56 Å². The van der Waals surface area contributed by atoms with Crippen molar-refractivity contribution >= 4 is 22.5 Å². The minimum absolute atomic E-state index is 0.0114. The lowest BCUT2D eigenvalue weighted by Gasteiger charge is -2.33. The second-order valence-corrected chi connectivity index (χ2v) is 6.05. The SMILES string of the molecule is CN1CCN(c2nc3c(F)cc(C(F)(F)F)cc3c3ncnn23)CC1. The van der Waals surface area contributed by atoms with Gasteiger partial charge >= 0.3 is 6.18 Å². The van der Waals surface area contributed by atoms with Crippen molar-refractivity contribution in [2.75, 3.05) is 38.1 Å². The second-order valence-electron chi connectivity index (χ2n) is 6.05. The summed E-state index contributed by atoms with van der Waals surface area (Å²) in [6, 6.07) is 1.33. The Morgan fingerprint density at radius 1 is 1.08 bits per heavy atom. The van der Waals surface area contributed by atoms with E-state index in [1.54, 1.807) is 0 Å². The molecule has 10 heteroatoms. The van der Waals surface area contributed by atoms with Crippen LogP contribution in [0.1, 0.15) is 5.56 Å². The summed E-state index contributed by atoms with van der Waals surface area (Å²) in [4.78, 5) is 12.4. The maximum Gasteiger partial charge on any atom is 0.416 e. The van der Waals surface area contributed by atoms with Crippen LogP contribution in [-0.2, 0) is 6.18 Å². The largest absolute Gasteiger partial charge is 0.416 e. The van der Waals surface area contributed by atoms with Crippen LogP contribution >= 0.6 is 0 Å². The van der Waals surface area contributed by atoms with Gasteiger partial charge in [-0.1, -0.05) is 0 Å². The summed E-state index contributed by atoms with van der Waals surface area (Å²) in [6.07, 6.45) is -3.42. The zero-order chi connectivity index (χ0) is 17.8. The number of anilines is 1. The van der Waals surface area contributed by atoms with Crippen LogP contribution < -0.4 is 4.90 Å². The molecule has 1 fully saturated rings. The van der Waals surface area contributed by atoms with Gasteiger partial charge in [0, 0.05) is 31.6 Å². The van der Waals surface area contributed by atoms with E-state index in [1.165, 1.54) is 10.8 Å². The molecule has 1 aromatic carbocycles. The number of alkyl halides is 3. The van der Waals surface area contributed by atoms with Gasteiger partial charge in [-0.25, -0.2) is 14.4 Å². The third-order valence-corrected chi connectivity index (χ3v) is 4.37. The molecule has 0 spiro atoms. The summed E-state index contributed by atoms with van der Waals surface area (Å²) < 4.78 is 54.7. The molecule has 132 valence electrons. The molecule has 0 aliphatic carbocycles. The third kappa shape index (κ3) is 2.66. The molecular formula is C15H14F4N6. The van der Waals surface area contributed by atoms with Crippen molar-refractivity contribution in [2.24, 2.45) is 0 Å². The van der Waals surface area contributed by atoms with Gasteiger partial charge in [0.25, 0.3) is 0 Å². The lowest BCUT2D eigenvalue weighted by molar-refractivity contribution is -0.137. The molecule has 0 atom stereocenters. The molecule has 0 unspecified atom stereocenters. The smallest absolute Gasteiger partial charge is 0.338 e. The summed E-state index contributed by atoms with van der Waals surface area (Å²) in [5.41, 5.74) is -1.05. The highest BCUT2D eigenvalue weighted by Crippen LogP contribution is 2.34. The van der Waals surface area contributed by atoms with Crippen molar-refractivity contribution < 1.29 is 17.6 Å². The number of halogens is 4. The first-order chi connectivity index (χ1) is 11.8. The number of benzene rings is 1. The van der Waals surface area contributed by atoms with Gasteiger partial charge in [0.1, 0.15) is 17.7 Å². The Kier molecular flexibility index (Phi) is 3.53. The number of aromatic nitrogens is 4. The van der Waals surface area contributed by atoms with Crippen LogP contribution in [0.25, 0.3) is 16.6 Å². The van der Waals surface area contributed by atoms with Crippen LogP contribution in [0.4, 0.5) is 23.5 Å². The topological polar surface area (TPSA) is 49.6 Å². The molecule has 1 saturated heterocycles. The highest BCUT2D eigenvalue weighted by molar-refractivity contribution is 5.93. The third-order valence-electron chi connectivity index (χ3n) is 4.37. The van der Waals surface area contributed by atoms with Gasteiger partial charge in [0.2, 0.25) is 5.95 Å². The molecule has 1 aliphatic rings. The van der Waals surface area contributed by atoms with Crippen molar-refractivity contribution in [3.05, 3.63) is 29.8 Å². The zero-order valence-electron chi connectivity index (χ0n) is 13.3. The molecule has 0 amide bonds. The maximum absolute atomic E-state index is 14.4. The molecule has 3 aromatic rings. The summed E-state index contributed by atoms with van der Waals surface area (Å²) in [6.45, 7) is 2.91. The first kappa shape index (κ1) is 16.0. The van der Waals surface area contributed by atoms with E-state index in [9.17, 15) is 17.6 Å². The number of nitrogens with zero attached hydrogens (tertiary/aromatic N) is 6. The fourth-order valence-corrected chi connectivity index (χ4v) is 2.98. The predicted molar refractivity (Wildman–Crippen MR) is 83.0 cm³/mol. The van der Waals surface area contributed by atoms with E-state index >= 15 is 0 Å². The van der Waals surface area contributed by atoms with Crippen LogP contribution in [0.3, 0.4) is 0 Å². The number of hydrogen-bond acceptors (Lipinski definition) is 5. The highest BCUT2D eigenvalue weighted by atomic mass is 19.4. The van der Waals surface area contributed by atoms with E-state index in [1.807, 2.05) is 11.9 Å². The van der Waals surface area contributed by atoms with E-state index in [0.717, 1.165) is 19.2 Å². The summed E-state index contributed by atoms with van der Waals surface area (Å²) in [7, 11) is 1.99. The zero-order valence-corrected chi connectivity index (χ0v) is 13.3. The highest BCUT2D eigenvalue weighted by Gasteiger charge is 2.32. The number of rotatable bonds is 1. The Hall–Kier alpha value is -2.49. The molecule has 4 rings (SSSR count). The van der Waals surface area contributed by atoms with E-state index in [4.69, 9.17) is 0 Å². The van der Waals surface area contributed by atoms with E-state index in [-0.39, 0.29) is 16.6 Å².